The van der Waals surface area contributed by atoms with E-state index in [0.29, 0.717) is 24.8 Å². The number of aromatic nitrogens is 6. The van der Waals surface area contributed by atoms with Crippen molar-refractivity contribution >= 4 is 29.0 Å². The number of hydrogen-bond donors (Lipinski definition) is 2. The van der Waals surface area contributed by atoms with Crippen LogP contribution in [0.5, 0.6) is 11.8 Å². The van der Waals surface area contributed by atoms with Crippen molar-refractivity contribution in [3.05, 3.63) is 41.3 Å². The quantitative estimate of drug-likeness (QED) is 0.408. The van der Waals surface area contributed by atoms with E-state index in [1.807, 2.05) is 58.3 Å². The molecule has 2 N–H and O–H groups in total. The minimum Gasteiger partial charge on any atom is -0.480 e. The van der Waals surface area contributed by atoms with Gasteiger partial charge < -0.3 is 14.6 Å². The lowest BCUT2D eigenvalue weighted by Gasteiger charge is -2.25. The Morgan fingerprint density at radius 2 is 2.13 bits per heavy atom. The Labute approximate surface area is 220 Å². The van der Waals surface area contributed by atoms with Crippen molar-refractivity contribution in [2.45, 2.75) is 53.0 Å². The van der Waals surface area contributed by atoms with Gasteiger partial charge in [-0.3, -0.25) is 19.5 Å². The number of hydrogen-bond acceptors (Lipinski definition) is 7. The number of carboxylic acids is 1. The molecule has 0 saturated carbocycles. The molecule has 1 aliphatic heterocycles. The topological polar surface area (TPSA) is 123 Å². The minimum atomic E-state index is -0.971. The van der Waals surface area contributed by atoms with E-state index in [1.165, 1.54) is 4.68 Å². The van der Waals surface area contributed by atoms with Crippen LogP contribution in [0.3, 0.4) is 0 Å². The van der Waals surface area contributed by atoms with Crippen LogP contribution in [-0.2, 0) is 24.9 Å². The van der Waals surface area contributed by atoms with E-state index in [4.69, 9.17) is 9.47 Å². The Bertz CT molecular complexity index is 1500. The summed E-state index contributed by atoms with van der Waals surface area (Å²) in [6.45, 7) is 9.49. The second kappa shape index (κ2) is 10.3. The number of rotatable bonds is 5. The molecule has 0 saturated heterocycles. The molecule has 0 aliphatic carbocycles. The summed E-state index contributed by atoms with van der Waals surface area (Å²) in [7, 11) is 1.87. The van der Waals surface area contributed by atoms with E-state index in [9.17, 15) is 9.90 Å². The highest BCUT2D eigenvalue weighted by molar-refractivity contribution is 5.93. The SMILES string of the molecule is CCN1Cc2c(c(OC(C)C)nn2CC(=O)O)/C=C\c2[nH]nc3ccc(cc23)-c2cnn(C)c2O[C@@H](C)C1. The van der Waals surface area contributed by atoms with Gasteiger partial charge >= 0.3 is 5.97 Å². The molecule has 4 aromatic rings. The average molecular weight is 520 g/mol. The van der Waals surface area contributed by atoms with E-state index in [1.54, 1.807) is 4.68 Å². The zero-order valence-electron chi connectivity index (χ0n) is 22.3. The van der Waals surface area contributed by atoms with Crippen LogP contribution in [0.15, 0.2) is 24.4 Å². The molecule has 1 atom stereocenters. The van der Waals surface area contributed by atoms with Crippen molar-refractivity contribution in [2.24, 2.45) is 7.05 Å². The van der Waals surface area contributed by atoms with E-state index in [0.717, 1.165) is 45.5 Å². The summed E-state index contributed by atoms with van der Waals surface area (Å²) in [6.07, 6.45) is 5.40. The maximum Gasteiger partial charge on any atom is 0.325 e. The Morgan fingerprint density at radius 3 is 2.87 bits per heavy atom. The molecule has 2 bridgehead atoms. The Hall–Kier alpha value is -4.12. The molecular weight excluding hydrogens is 486 g/mol. The van der Waals surface area contributed by atoms with Gasteiger partial charge in [0.25, 0.3) is 0 Å². The highest BCUT2D eigenvalue weighted by Crippen LogP contribution is 2.34. The van der Waals surface area contributed by atoms with Crippen LogP contribution < -0.4 is 9.47 Å². The standard InChI is InChI=1S/C27H33N7O4/c1-6-33-13-17(4)38-27-21(12-28-32(27)5)18-7-9-22-20(11-18)23(30-29-22)10-8-19-24(14-33)34(15-25(35)36)31-26(19)37-16(2)3/h7-12,16-17H,6,13-15H2,1-5H3,(H,29,30)(H,35,36)/b10-8-/t17-/m0/s1. The fourth-order valence-electron chi connectivity index (χ4n) is 4.75. The molecule has 38 heavy (non-hydrogen) atoms. The van der Waals surface area contributed by atoms with Crippen LogP contribution in [0.2, 0.25) is 0 Å². The second-order valence-corrected chi connectivity index (χ2v) is 9.83. The first kappa shape index (κ1) is 25.5. The van der Waals surface area contributed by atoms with Gasteiger partial charge in [-0.25, -0.2) is 4.68 Å². The van der Waals surface area contributed by atoms with Crippen LogP contribution in [0, 0.1) is 0 Å². The summed E-state index contributed by atoms with van der Waals surface area (Å²) >= 11 is 0. The first-order chi connectivity index (χ1) is 18.2. The summed E-state index contributed by atoms with van der Waals surface area (Å²) in [5.74, 6) is 0.120. The molecule has 200 valence electrons. The minimum absolute atomic E-state index is 0.129. The van der Waals surface area contributed by atoms with E-state index in [-0.39, 0.29) is 18.8 Å². The van der Waals surface area contributed by atoms with Crippen LogP contribution >= 0.6 is 0 Å². The molecule has 1 aromatic carbocycles. The number of H-pyrrole nitrogens is 1. The van der Waals surface area contributed by atoms with Crippen molar-refractivity contribution in [1.29, 1.82) is 0 Å². The van der Waals surface area contributed by atoms with Gasteiger partial charge in [0.2, 0.25) is 11.8 Å². The molecule has 0 spiro atoms. The number of aromatic amines is 1. The Morgan fingerprint density at radius 1 is 1.32 bits per heavy atom. The van der Waals surface area contributed by atoms with Gasteiger partial charge in [0, 0.05) is 25.5 Å². The van der Waals surface area contributed by atoms with Gasteiger partial charge in [-0.1, -0.05) is 13.0 Å². The Balaban J connectivity index is 1.71. The zero-order chi connectivity index (χ0) is 27.0. The van der Waals surface area contributed by atoms with Gasteiger partial charge in [-0.05, 0) is 57.2 Å². The average Bonchev–Trinajstić information content (AvgIpc) is 3.52. The van der Waals surface area contributed by atoms with Crippen LogP contribution in [0.1, 0.15) is 44.6 Å². The molecule has 0 amide bonds. The van der Waals surface area contributed by atoms with E-state index >= 15 is 0 Å². The predicted octanol–water partition coefficient (Wildman–Crippen LogP) is 3.80. The lowest BCUT2D eigenvalue weighted by Crippen LogP contribution is -2.35. The molecule has 0 radical (unpaired) electrons. The summed E-state index contributed by atoms with van der Waals surface area (Å²) in [5.41, 5.74) is 5.03. The molecule has 0 unspecified atom stereocenters. The smallest absolute Gasteiger partial charge is 0.325 e. The van der Waals surface area contributed by atoms with Gasteiger partial charge in [-0.15, -0.1) is 5.10 Å². The van der Waals surface area contributed by atoms with Gasteiger partial charge in [0.1, 0.15) is 12.6 Å². The summed E-state index contributed by atoms with van der Waals surface area (Å²) in [4.78, 5) is 13.9. The number of aliphatic carboxylic acids is 1. The number of ether oxygens (including phenoxy) is 2. The maximum absolute atomic E-state index is 11.7. The first-order valence-corrected chi connectivity index (χ1v) is 12.8. The number of likely N-dealkylation sites (N-methyl/N-ethyl adjacent to an activating group) is 1. The summed E-state index contributed by atoms with van der Waals surface area (Å²) in [6, 6.07) is 6.06. The molecule has 0 fully saturated rings. The van der Waals surface area contributed by atoms with Gasteiger partial charge in [0.05, 0.1) is 40.3 Å². The highest BCUT2D eigenvalue weighted by atomic mass is 16.5. The lowest BCUT2D eigenvalue weighted by molar-refractivity contribution is -0.138. The van der Waals surface area contributed by atoms with E-state index < -0.39 is 5.97 Å². The summed E-state index contributed by atoms with van der Waals surface area (Å²) < 4.78 is 15.8. The highest BCUT2D eigenvalue weighted by Gasteiger charge is 2.24. The van der Waals surface area contributed by atoms with Crippen LogP contribution in [0.25, 0.3) is 34.2 Å². The second-order valence-electron chi connectivity index (χ2n) is 9.83. The van der Waals surface area contributed by atoms with Crippen molar-refractivity contribution in [2.75, 3.05) is 13.1 Å². The number of nitrogens with one attached hydrogen (secondary N) is 1. The molecule has 11 nitrogen and oxygen atoms in total. The number of carboxylic acid groups (broad SMARTS) is 1. The van der Waals surface area contributed by atoms with Crippen molar-refractivity contribution in [3.8, 4) is 22.9 Å². The fraction of sp³-hybridized carbons (Fsp3) is 0.407. The normalized spacial score (nSPS) is 17.1. The van der Waals surface area contributed by atoms with Gasteiger partial charge in [0.15, 0.2) is 0 Å². The van der Waals surface area contributed by atoms with Crippen LogP contribution in [-0.4, -0.2) is 71.0 Å². The Kier molecular flexibility index (Phi) is 6.94. The van der Waals surface area contributed by atoms with E-state index in [2.05, 4.69) is 38.3 Å². The van der Waals surface area contributed by atoms with Crippen molar-refractivity contribution in [3.63, 3.8) is 0 Å². The third-order valence-corrected chi connectivity index (χ3v) is 6.54. The van der Waals surface area contributed by atoms with Crippen molar-refractivity contribution in [1.82, 2.24) is 34.7 Å². The van der Waals surface area contributed by atoms with Crippen molar-refractivity contribution < 1.29 is 19.4 Å². The number of aryl methyl sites for hydroxylation is 1. The number of carbonyl (C=O) groups is 1. The van der Waals surface area contributed by atoms with Gasteiger partial charge in [-0.2, -0.15) is 10.2 Å². The van der Waals surface area contributed by atoms with Crippen LogP contribution in [0.4, 0.5) is 0 Å². The molecule has 1 aliphatic rings. The largest absolute Gasteiger partial charge is 0.480 e. The first-order valence-electron chi connectivity index (χ1n) is 12.8. The maximum atomic E-state index is 11.7. The molecule has 11 heteroatoms. The fourth-order valence-corrected chi connectivity index (χ4v) is 4.75. The molecule has 3 aromatic heterocycles. The lowest BCUT2D eigenvalue weighted by atomic mass is 10.1. The third kappa shape index (κ3) is 5.01. The predicted molar refractivity (Wildman–Crippen MR) is 144 cm³/mol. The third-order valence-electron chi connectivity index (χ3n) is 6.54. The molecule has 4 heterocycles. The summed E-state index contributed by atoms with van der Waals surface area (Å²) in [5, 5.41) is 27.2. The number of benzene rings is 1. The monoisotopic (exact) mass is 519 g/mol. The number of nitrogens with zero attached hydrogens (tertiary/aromatic N) is 6. The molecular formula is C27H33N7O4. The molecule has 5 rings (SSSR count). The number of fused-ring (bicyclic) bond motifs is 4. The zero-order valence-corrected chi connectivity index (χ0v) is 22.3.